The predicted molar refractivity (Wildman–Crippen MR) is 126 cm³/mol. The number of ether oxygens (including phenoxy) is 2. The molecule has 0 spiro atoms. The standard InChI is InChI=1S/C26H25N5O2/c1-32-19-6-7-22(29-14-19)20-12-18(20)16-33-26-25(13-24-23(30-26)5-3-10-28-24)31-11-8-21-17(15-31)4-2-9-27-21/h2-7,9-10,13-14,18,20H,8,11-12,15-16H2,1H3/t18-,20+/m1/s1. The van der Waals surface area contributed by atoms with Gasteiger partial charge in [-0.05, 0) is 48.4 Å². The molecule has 33 heavy (non-hydrogen) atoms. The summed E-state index contributed by atoms with van der Waals surface area (Å²) < 4.78 is 11.6. The smallest absolute Gasteiger partial charge is 0.238 e. The highest BCUT2D eigenvalue weighted by Gasteiger charge is 2.40. The zero-order chi connectivity index (χ0) is 22.2. The fraction of sp³-hybridized carbons (Fsp3) is 0.308. The van der Waals surface area contributed by atoms with E-state index in [1.54, 1.807) is 19.5 Å². The lowest BCUT2D eigenvalue weighted by Gasteiger charge is -2.31. The summed E-state index contributed by atoms with van der Waals surface area (Å²) >= 11 is 0. The maximum Gasteiger partial charge on any atom is 0.238 e. The van der Waals surface area contributed by atoms with Crippen LogP contribution in [0.1, 0.15) is 29.3 Å². The average Bonchev–Trinajstić information content (AvgIpc) is 3.66. The molecule has 6 rings (SSSR count). The third-order valence-corrected chi connectivity index (χ3v) is 6.57. The average molecular weight is 440 g/mol. The third-order valence-electron chi connectivity index (χ3n) is 6.57. The Morgan fingerprint density at radius 3 is 2.82 bits per heavy atom. The minimum atomic E-state index is 0.425. The van der Waals surface area contributed by atoms with Gasteiger partial charge in [0.05, 0.1) is 30.9 Å². The molecule has 5 heterocycles. The Hall–Kier alpha value is -3.74. The lowest BCUT2D eigenvalue weighted by molar-refractivity contribution is 0.286. The molecule has 0 amide bonds. The molecule has 0 radical (unpaired) electrons. The van der Waals surface area contributed by atoms with Crippen molar-refractivity contribution in [1.29, 1.82) is 0 Å². The van der Waals surface area contributed by atoms with Crippen LogP contribution in [0.5, 0.6) is 11.6 Å². The molecule has 7 heteroatoms. The van der Waals surface area contributed by atoms with Gasteiger partial charge < -0.3 is 14.4 Å². The van der Waals surface area contributed by atoms with E-state index in [1.165, 1.54) is 11.3 Å². The molecule has 1 saturated carbocycles. The zero-order valence-electron chi connectivity index (χ0n) is 18.5. The van der Waals surface area contributed by atoms with Crippen LogP contribution in [-0.2, 0) is 13.0 Å². The molecular formula is C26H25N5O2. The molecule has 2 aliphatic rings. The quantitative estimate of drug-likeness (QED) is 0.446. The Labute approximate surface area is 192 Å². The summed E-state index contributed by atoms with van der Waals surface area (Å²) in [6.07, 6.45) is 7.44. The lowest BCUT2D eigenvalue weighted by Crippen LogP contribution is -2.31. The summed E-state index contributed by atoms with van der Waals surface area (Å²) in [5.41, 5.74) is 6.25. The van der Waals surface area contributed by atoms with Crippen LogP contribution in [0.4, 0.5) is 5.69 Å². The van der Waals surface area contributed by atoms with Gasteiger partial charge in [-0.25, -0.2) is 4.98 Å². The maximum atomic E-state index is 6.36. The predicted octanol–water partition coefficient (Wildman–Crippen LogP) is 4.17. The van der Waals surface area contributed by atoms with Crippen molar-refractivity contribution in [2.24, 2.45) is 5.92 Å². The number of fused-ring (bicyclic) bond motifs is 2. The Bertz CT molecular complexity index is 1290. The van der Waals surface area contributed by atoms with Crippen LogP contribution >= 0.6 is 0 Å². The van der Waals surface area contributed by atoms with Crippen molar-refractivity contribution in [2.45, 2.75) is 25.3 Å². The highest BCUT2D eigenvalue weighted by atomic mass is 16.5. The van der Waals surface area contributed by atoms with Gasteiger partial charge in [-0.15, -0.1) is 0 Å². The number of anilines is 1. The molecule has 166 valence electrons. The number of nitrogens with zero attached hydrogens (tertiary/aromatic N) is 5. The lowest BCUT2D eigenvalue weighted by atomic mass is 10.1. The van der Waals surface area contributed by atoms with Crippen LogP contribution in [0.25, 0.3) is 11.0 Å². The van der Waals surface area contributed by atoms with Crippen molar-refractivity contribution in [3.63, 3.8) is 0 Å². The van der Waals surface area contributed by atoms with Gasteiger partial charge in [0.15, 0.2) is 0 Å². The van der Waals surface area contributed by atoms with Crippen molar-refractivity contribution in [3.8, 4) is 11.6 Å². The number of methoxy groups -OCH3 is 1. The van der Waals surface area contributed by atoms with Gasteiger partial charge in [-0.3, -0.25) is 15.0 Å². The summed E-state index contributed by atoms with van der Waals surface area (Å²) in [5, 5.41) is 0. The fourth-order valence-electron chi connectivity index (χ4n) is 4.59. The Balaban J connectivity index is 1.23. The van der Waals surface area contributed by atoms with Gasteiger partial charge in [0.1, 0.15) is 11.4 Å². The van der Waals surface area contributed by atoms with E-state index in [2.05, 4.69) is 32.0 Å². The summed E-state index contributed by atoms with van der Waals surface area (Å²) in [5.74, 6) is 2.33. The normalized spacial score (nSPS) is 19.2. The highest BCUT2D eigenvalue weighted by molar-refractivity contribution is 5.80. The first-order valence-electron chi connectivity index (χ1n) is 11.3. The molecule has 0 bridgehead atoms. The van der Waals surface area contributed by atoms with Crippen LogP contribution in [0.2, 0.25) is 0 Å². The molecule has 1 fully saturated rings. The van der Waals surface area contributed by atoms with Crippen LogP contribution in [0.3, 0.4) is 0 Å². The molecule has 1 aliphatic heterocycles. The number of hydrogen-bond donors (Lipinski definition) is 0. The first-order chi connectivity index (χ1) is 16.3. The second kappa shape index (κ2) is 8.31. The largest absolute Gasteiger partial charge is 0.495 e. The van der Waals surface area contributed by atoms with Crippen LogP contribution in [0.15, 0.2) is 61.1 Å². The SMILES string of the molecule is COc1ccc([C@H]2C[C@@H]2COc2nc3cccnc3cc2N2CCc3ncccc3C2)nc1. The van der Waals surface area contributed by atoms with Gasteiger partial charge in [0.2, 0.25) is 5.88 Å². The second-order valence-corrected chi connectivity index (χ2v) is 8.67. The summed E-state index contributed by atoms with van der Waals surface area (Å²) in [4.78, 5) is 20.8. The molecule has 0 unspecified atom stereocenters. The van der Waals surface area contributed by atoms with Gasteiger partial charge in [0, 0.05) is 55.1 Å². The Morgan fingerprint density at radius 1 is 1.03 bits per heavy atom. The van der Waals surface area contributed by atoms with Crippen LogP contribution in [-0.4, -0.2) is 40.2 Å². The summed E-state index contributed by atoms with van der Waals surface area (Å²) in [6.45, 7) is 2.29. The number of hydrogen-bond acceptors (Lipinski definition) is 7. The van der Waals surface area contributed by atoms with E-state index in [1.807, 2.05) is 36.5 Å². The van der Waals surface area contributed by atoms with Crippen molar-refractivity contribution in [1.82, 2.24) is 19.9 Å². The zero-order valence-corrected chi connectivity index (χ0v) is 18.5. The van der Waals surface area contributed by atoms with E-state index < -0.39 is 0 Å². The van der Waals surface area contributed by atoms with E-state index in [9.17, 15) is 0 Å². The van der Waals surface area contributed by atoms with Crippen LogP contribution in [0, 0.1) is 5.92 Å². The summed E-state index contributed by atoms with van der Waals surface area (Å²) in [7, 11) is 1.66. The molecule has 0 aromatic carbocycles. The molecule has 0 saturated heterocycles. The molecule has 7 nitrogen and oxygen atoms in total. The molecule has 4 aromatic heterocycles. The van der Waals surface area contributed by atoms with Gasteiger partial charge in [-0.2, -0.15) is 0 Å². The third kappa shape index (κ3) is 3.95. The van der Waals surface area contributed by atoms with E-state index in [0.717, 1.165) is 54.1 Å². The number of rotatable bonds is 6. The van der Waals surface area contributed by atoms with E-state index >= 15 is 0 Å². The van der Waals surface area contributed by atoms with Crippen molar-refractivity contribution in [3.05, 3.63) is 78.0 Å². The van der Waals surface area contributed by atoms with Crippen molar-refractivity contribution >= 4 is 16.7 Å². The van der Waals surface area contributed by atoms with E-state index in [-0.39, 0.29) is 0 Å². The van der Waals surface area contributed by atoms with Crippen molar-refractivity contribution < 1.29 is 9.47 Å². The van der Waals surface area contributed by atoms with Gasteiger partial charge in [-0.1, -0.05) is 6.07 Å². The minimum absolute atomic E-state index is 0.425. The van der Waals surface area contributed by atoms with Crippen LogP contribution < -0.4 is 14.4 Å². The first kappa shape index (κ1) is 19.9. The number of pyridine rings is 4. The fourth-order valence-corrected chi connectivity index (χ4v) is 4.59. The molecule has 1 aliphatic carbocycles. The van der Waals surface area contributed by atoms with E-state index in [0.29, 0.717) is 24.3 Å². The molecular weight excluding hydrogens is 414 g/mol. The minimum Gasteiger partial charge on any atom is -0.495 e. The monoisotopic (exact) mass is 439 g/mol. The second-order valence-electron chi connectivity index (χ2n) is 8.67. The first-order valence-corrected chi connectivity index (χ1v) is 11.3. The molecule has 0 N–H and O–H groups in total. The van der Waals surface area contributed by atoms with E-state index in [4.69, 9.17) is 14.5 Å². The number of aromatic nitrogens is 4. The molecule has 4 aromatic rings. The van der Waals surface area contributed by atoms with Crippen molar-refractivity contribution in [2.75, 3.05) is 25.2 Å². The Kier molecular flexibility index (Phi) is 5.02. The highest BCUT2D eigenvalue weighted by Crippen LogP contribution is 2.47. The Morgan fingerprint density at radius 2 is 1.94 bits per heavy atom. The molecule has 2 atom stereocenters. The van der Waals surface area contributed by atoms with Gasteiger partial charge in [0.25, 0.3) is 0 Å². The maximum absolute atomic E-state index is 6.36. The topological polar surface area (TPSA) is 73.3 Å². The summed E-state index contributed by atoms with van der Waals surface area (Å²) in [6, 6.07) is 14.2. The van der Waals surface area contributed by atoms with Gasteiger partial charge >= 0.3 is 0 Å².